The van der Waals surface area contributed by atoms with E-state index in [0.717, 1.165) is 49.6 Å². The van der Waals surface area contributed by atoms with Gasteiger partial charge in [0.15, 0.2) is 0 Å². The minimum Gasteiger partial charge on any atom is -0.377 e. The maximum absolute atomic E-state index is 13.2. The van der Waals surface area contributed by atoms with Crippen LogP contribution in [-0.2, 0) is 6.54 Å². The van der Waals surface area contributed by atoms with Crippen molar-refractivity contribution in [3.05, 3.63) is 48.0 Å². The molecule has 27 heavy (non-hydrogen) atoms. The summed E-state index contributed by atoms with van der Waals surface area (Å²) in [5.41, 5.74) is 1.78. The lowest BCUT2D eigenvalue weighted by molar-refractivity contribution is 0.0703. The zero-order valence-corrected chi connectivity index (χ0v) is 16.5. The molecule has 4 rings (SSSR count). The van der Waals surface area contributed by atoms with Crippen LogP contribution in [0.15, 0.2) is 36.7 Å². The van der Waals surface area contributed by atoms with Crippen molar-refractivity contribution in [1.29, 1.82) is 0 Å². The number of anilines is 1. The number of carbonyl (C=O) groups excluding carboxylic acids is 1. The molecule has 5 heteroatoms. The molecule has 1 aromatic heterocycles. The summed E-state index contributed by atoms with van der Waals surface area (Å²) in [5, 5.41) is 0. The van der Waals surface area contributed by atoms with E-state index < -0.39 is 0 Å². The largest absolute Gasteiger partial charge is 0.377 e. The Balaban J connectivity index is 1.50. The highest BCUT2D eigenvalue weighted by Gasteiger charge is 2.30. The topological polar surface area (TPSA) is 41.4 Å². The van der Waals surface area contributed by atoms with Crippen LogP contribution in [0.2, 0.25) is 0 Å². The zero-order valence-electron chi connectivity index (χ0n) is 16.5. The van der Waals surface area contributed by atoms with Gasteiger partial charge >= 0.3 is 0 Å². The van der Waals surface area contributed by atoms with Gasteiger partial charge in [0.1, 0.15) is 5.82 Å². The summed E-state index contributed by atoms with van der Waals surface area (Å²) in [5.74, 6) is 2.46. The van der Waals surface area contributed by atoms with Gasteiger partial charge in [-0.2, -0.15) is 0 Å². The molecule has 2 aliphatic rings. The van der Waals surface area contributed by atoms with Crippen LogP contribution in [0.1, 0.15) is 54.2 Å². The summed E-state index contributed by atoms with van der Waals surface area (Å²) >= 11 is 0. The van der Waals surface area contributed by atoms with Crippen molar-refractivity contribution < 1.29 is 4.79 Å². The van der Waals surface area contributed by atoms with Crippen molar-refractivity contribution in [2.45, 2.75) is 44.6 Å². The summed E-state index contributed by atoms with van der Waals surface area (Å²) in [4.78, 5) is 22.0. The van der Waals surface area contributed by atoms with Crippen LogP contribution in [0, 0.1) is 5.92 Å². The Labute approximate surface area is 162 Å². The van der Waals surface area contributed by atoms with Gasteiger partial charge in [-0.3, -0.25) is 4.79 Å². The Kier molecular flexibility index (Phi) is 5.19. The van der Waals surface area contributed by atoms with Gasteiger partial charge in [-0.25, -0.2) is 4.98 Å². The third kappa shape index (κ3) is 3.73. The Bertz CT molecular complexity index is 793. The van der Waals surface area contributed by atoms with Crippen LogP contribution in [0.3, 0.4) is 0 Å². The summed E-state index contributed by atoms with van der Waals surface area (Å²) < 4.78 is 2.34. The monoisotopic (exact) mass is 366 g/mol. The molecule has 1 aliphatic carbocycles. The van der Waals surface area contributed by atoms with Crippen LogP contribution >= 0.6 is 0 Å². The van der Waals surface area contributed by atoms with Crippen LogP contribution in [-0.4, -0.2) is 47.5 Å². The molecule has 1 atom stereocenters. The smallest absolute Gasteiger partial charge is 0.255 e. The molecule has 1 saturated carbocycles. The highest BCUT2D eigenvalue weighted by Crippen LogP contribution is 2.32. The minimum absolute atomic E-state index is 0.140. The summed E-state index contributed by atoms with van der Waals surface area (Å²) in [6.07, 6.45) is 10.2. The maximum Gasteiger partial charge on any atom is 0.255 e. The minimum atomic E-state index is 0.140. The van der Waals surface area contributed by atoms with E-state index >= 15 is 0 Å². The zero-order chi connectivity index (χ0) is 18.8. The summed E-state index contributed by atoms with van der Waals surface area (Å²) in [6.45, 7) is 2.69. The molecular formula is C22H30N4O. The molecule has 1 aliphatic heterocycles. The molecule has 2 fully saturated rings. The van der Waals surface area contributed by atoms with Crippen molar-refractivity contribution in [2.75, 3.05) is 32.1 Å². The lowest BCUT2D eigenvalue weighted by Gasteiger charge is -2.34. The van der Waals surface area contributed by atoms with Gasteiger partial charge in [0.05, 0.1) is 5.56 Å². The normalized spacial score (nSPS) is 20.4. The summed E-state index contributed by atoms with van der Waals surface area (Å²) in [7, 11) is 3.98. The van der Waals surface area contributed by atoms with E-state index in [9.17, 15) is 4.79 Å². The molecule has 1 saturated heterocycles. The first kappa shape index (κ1) is 18.1. The first-order chi connectivity index (χ1) is 13.1. The highest BCUT2D eigenvalue weighted by atomic mass is 16.2. The fourth-order valence-electron chi connectivity index (χ4n) is 4.38. The van der Waals surface area contributed by atoms with Crippen LogP contribution < -0.4 is 4.90 Å². The number of carbonyl (C=O) groups is 1. The number of imidazole rings is 1. The Morgan fingerprint density at radius 3 is 2.74 bits per heavy atom. The standard InChI is InChI=1S/C22H30N4O/c1-24(2)20-11-4-3-10-19(20)22(27)26-13-6-9-18(16-26)21-23-12-14-25(21)15-17-7-5-8-17/h3-4,10-12,14,17-18H,5-9,13,15-16H2,1-2H3/t18-/m0/s1. The quantitative estimate of drug-likeness (QED) is 0.809. The number of hydrogen-bond donors (Lipinski definition) is 0. The van der Waals surface area contributed by atoms with Gasteiger partial charge < -0.3 is 14.4 Å². The van der Waals surface area contributed by atoms with E-state index in [1.165, 1.54) is 25.1 Å². The number of benzene rings is 1. The first-order valence-electron chi connectivity index (χ1n) is 10.2. The second-order valence-corrected chi connectivity index (χ2v) is 8.24. The van der Waals surface area contributed by atoms with Gasteiger partial charge in [0.2, 0.25) is 0 Å². The van der Waals surface area contributed by atoms with E-state index in [1.807, 2.05) is 54.4 Å². The molecule has 0 N–H and O–H groups in total. The Morgan fingerprint density at radius 1 is 1.19 bits per heavy atom. The Hall–Kier alpha value is -2.30. The van der Waals surface area contributed by atoms with E-state index in [4.69, 9.17) is 0 Å². The van der Waals surface area contributed by atoms with E-state index in [2.05, 4.69) is 15.7 Å². The molecule has 0 bridgehead atoms. The van der Waals surface area contributed by atoms with Gasteiger partial charge in [0.25, 0.3) is 5.91 Å². The third-order valence-corrected chi connectivity index (χ3v) is 6.12. The van der Waals surface area contributed by atoms with Crippen LogP contribution in [0.25, 0.3) is 0 Å². The van der Waals surface area contributed by atoms with Crippen molar-refractivity contribution in [1.82, 2.24) is 14.5 Å². The molecule has 1 amide bonds. The molecule has 2 aromatic rings. The van der Waals surface area contributed by atoms with Crippen molar-refractivity contribution in [3.63, 3.8) is 0 Å². The molecular weight excluding hydrogens is 336 g/mol. The molecule has 1 aromatic carbocycles. The lowest BCUT2D eigenvalue weighted by Crippen LogP contribution is -2.40. The fraction of sp³-hybridized carbons (Fsp3) is 0.545. The molecule has 0 unspecified atom stereocenters. The summed E-state index contributed by atoms with van der Waals surface area (Å²) in [6, 6.07) is 7.90. The lowest BCUT2D eigenvalue weighted by atomic mass is 9.85. The first-order valence-corrected chi connectivity index (χ1v) is 10.2. The van der Waals surface area contributed by atoms with Crippen molar-refractivity contribution in [3.8, 4) is 0 Å². The van der Waals surface area contributed by atoms with Crippen molar-refractivity contribution in [2.24, 2.45) is 5.92 Å². The number of hydrogen-bond acceptors (Lipinski definition) is 3. The predicted molar refractivity (Wildman–Crippen MR) is 108 cm³/mol. The number of aromatic nitrogens is 2. The van der Waals surface area contributed by atoms with Gasteiger partial charge in [-0.1, -0.05) is 18.6 Å². The Morgan fingerprint density at radius 2 is 2.00 bits per heavy atom. The maximum atomic E-state index is 13.2. The second kappa shape index (κ2) is 7.75. The average Bonchev–Trinajstić information content (AvgIpc) is 3.12. The number of para-hydroxylation sites is 1. The molecule has 0 radical (unpaired) electrons. The predicted octanol–water partition coefficient (Wildman–Crippen LogP) is 3.77. The molecule has 5 nitrogen and oxygen atoms in total. The number of rotatable bonds is 5. The molecule has 144 valence electrons. The molecule has 0 spiro atoms. The van der Waals surface area contributed by atoms with Crippen LogP contribution in [0.4, 0.5) is 5.69 Å². The van der Waals surface area contributed by atoms with Gasteiger partial charge in [-0.05, 0) is 43.7 Å². The number of piperidine rings is 1. The van der Waals surface area contributed by atoms with E-state index in [-0.39, 0.29) is 5.91 Å². The van der Waals surface area contributed by atoms with Gasteiger partial charge in [0, 0.05) is 57.7 Å². The second-order valence-electron chi connectivity index (χ2n) is 8.24. The van der Waals surface area contributed by atoms with E-state index in [1.54, 1.807) is 0 Å². The van der Waals surface area contributed by atoms with Crippen LogP contribution in [0.5, 0.6) is 0 Å². The molecule has 2 heterocycles. The van der Waals surface area contributed by atoms with E-state index in [0.29, 0.717) is 5.92 Å². The number of nitrogens with zero attached hydrogens (tertiary/aromatic N) is 4. The SMILES string of the molecule is CN(C)c1ccccc1C(=O)N1CCC[C@H](c2nccn2CC2CCC2)C1. The number of amides is 1. The fourth-order valence-corrected chi connectivity index (χ4v) is 4.38. The highest BCUT2D eigenvalue weighted by molar-refractivity contribution is 5.99. The third-order valence-electron chi connectivity index (χ3n) is 6.12. The average molecular weight is 367 g/mol. The van der Waals surface area contributed by atoms with Gasteiger partial charge in [-0.15, -0.1) is 0 Å². The number of likely N-dealkylation sites (tertiary alicyclic amines) is 1. The van der Waals surface area contributed by atoms with Crippen molar-refractivity contribution >= 4 is 11.6 Å².